The van der Waals surface area contributed by atoms with Crippen LogP contribution < -0.4 is 19.6 Å². The largest absolute Gasteiger partial charge is 0.508 e. The summed E-state index contributed by atoms with van der Waals surface area (Å²) in [4.78, 5) is 50.2. The minimum atomic E-state index is -2.27. The van der Waals surface area contributed by atoms with Crippen LogP contribution >= 0.6 is 0 Å². The Balaban J connectivity index is 1.32. The van der Waals surface area contributed by atoms with Gasteiger partial charge in [0.2, 0.25) is 12.0 Å². The van der Waals surface area contributed by atoms with Gasteiger partial charge in [-0.3, -0.25) is 4.79 Å². The maximum Gasteiger partial charge on any atom is 0.335 e. The first kappa shape index (κ1) is 42.2. The van der Waals surface area contributed by atoms with Gasteiger partial charge in [-0.1, -0.05) is 0 Å². The van der Waals surface area contributed by atoms with Crippen molar-refractivity contribution in [2.45, 2.75) is 61.4 Å². The molecule has 314 valence electrons. The van der Waals surface area contributed by atoms with Gasteiger partial charge in [0.1, 0.15) is 58.4 Å². The molecule has 0 radical (unpaired) electrons. The van der Waals surface area contributed by atoms with E-state index < -0.39 is 96.2 Å². The molecule has 3 aromatic carbocycles. The number of methoxy groups -OCH3 is 2. The van der Waals surface area contributed by atoms with Gasteiger partial charge < -0.3 is 83.5 Å². The topological polar surface area (TPSA) is 328 Å². The zero-order valence-corrected chi connectivity index (χ0v) is 30.5. The predicted octanol–water partition coefficient (Wildman–Crippen LogP) is 0.0458. The number of aromatic hydroxyl groups is 3. The summed E-state index contributed by atoms with van der Waals surface area (Å²) < 4.78 is 43.7. The first-order valence-electron chi connectivity index (χ1n) is 17.3. The number of carbonyl (C=O) groups excluding carboxylic acids is 1. The number of rotatable bonds is 12. The van der Waals surface area contributed by atoms with Crippen molar-refractivity contribution in [1.82, 2.24) is 0 Å². The number of benzene rings is 3. The fourth-order valence-corrected chi connectivity index (χ4v) is 6.27. The van der Waals surface area contributed by atoms with Crippen molar-refractivity contribution >= 4 is 35.0 Å². The maximum absolute atomic E-state index is 13.1. The summed E-state index contributed by atoms with van der Waals surface area (Å²) in [6.07, 6.45) is -20.0. The first-order chi connectivity index (χ1) is 28.0. The Bertz CT molecular complexity index is 2280. The lowest BCUT2D eigenvalue weighted by molar-refractivity contribution is -0.350. The van der Waals surface area contributed by atoms with Crippen LogP contribution in [0.15, 0.2) is 69.9 Å². The number of aliphatic hydroxyl groups is 4. The van der Waals surface area contributed by atoms with Crippen LogP contribution in [-0.4, -0.2) is 139 Å². The van der Waals surface area contributed by atoms with Gasteiger partial charge in [-0.25, -0.2) is 14.4 Å². The molecule has 0 aliphatic carbocycles. The molecule has 0 bridgehead atoms. The molecular weight excluding hydrogens is 792 g/mol. The fraction of sp³-hybridized carbons (Fsp3) is 0.316. The van der Waals surface area contributed by atoms with E-state index in [0.717, 1.165) is 24.3 Å². The molecule has 10 unspecified atom stereocenters. The zero-order valence-electron chi connectivity index (χ0n) is 30.5. The molecule has 0 saturated carbocycles. The molecule has 21 nitrogen and oxygen atoms in total. The molecule has 21 heteroatoms. The third kappa shape index (κ3) is 8.71. The van der Waals surface area contributed by atoms with Crippen molar-refractivity contribution in [2.24, 2.45) is 0 Å². The molecule has 10 atom stereocenters. The summed E-state index contributed by atoms with van der Waals surface area (Å²) in [5, 5.41) is 93.4. The van der Waals surface area contributed by atoms with Gasteiger partial charge in [-0.05, 0) is 48.0 Å². The molecule has 3 heterocycles. The van der Waals surface area contributed by atoms with E-state index >= 15 is 0 Å². The minimum absolute atomic E-state index is 0.000193. The number of carboxylic acids is 2. The Morgan fingerprint density at radius 2 is 1.31 bits per heavy atom. The van der Waals surface area contributed by atoms with E-state index in [1.54, 1.807) is 0 Å². The smallest absolute Gasteiger partial charge is 0.335 e. The molecule has 0 amide bonds. The van der Waals surface area contributed by atoms with Crippen molar-refractivity contribution in [1.29, 1.82) is 0 Å². The number of carbonyl (C=O) groups is 3. The SMILES string of the molecule is COc1cc(C=CC(=O)OC2C(OC3C(Oc4cc(O)c5c(=O)cc(-c6ccc(O)cc6)oc5c4)OC(C(=O)O)C(O)C3O)OC(C(=O)O)C(O)C2O)cc(OC)c1O. The number of phenolic OH excluding ortho intramolecular Hbond substituents is 3. The van der Waals surface area contributed by atoms with Crippen molar-refractivity contribution in [3.8, 4) is 45.8 Å². The molecule has 2 saturated heterocycles. The van der Waals surface area contributed by atoms with Gasteiger partial charge >= 0.3 is 17.9 Å². The van der Waals surface area contributed by atoms with E-state index in [-0.39, 0.29) is 45.3 Å². The Labute approximate surface area is 330 Å². The van der Waals surface area contributed by atoms with E-state index in [2.05, 4.69) is 0 Å². The lowest BCUT2D eigenvalue weighted by Gasteiger charge is -2.45. The van der Waals surface area contributed by atoms with Crippen molar-refractivity contribution < 1.29 is 97.9 Å². The number of esters is 1. The molecule has 1 aromatic heterocycles. The molecule has 4 aromatic rings. The molecule has 6 rings (SSSR count). The van der Waals surface area contributed by atoms with Crippen LogP contribution in [0.2, 0.25) is 0 Å². The molecule has 59 heavy (non-hydrogen) atoms. The summed E-state index contributed by atoms with van der Waals surface area (Å²) in [6.45, 7) is 0. The number of phenols is 3. The highest BCUT2D eigenvalue weighted by molar-refractivity contribution is 5.88. The lowest BCUT2D eigenvalue weighted by Crippen LogP contribution is -2.66. The standard InChI is InChI=1S/C38H36O21/c1-52-22-9-14(10-23(53-2)26(22)43)3-8-24(42)56-33-29(46)27(44)32(36(50)51)58-38(33)59-34-30(47)28(45)31(35(48)49)57-37(34)54-17-11-18(40)25-19(41)13-20(55-21(25)12-17)15-4-6-16(39)7-5-15/h3-13,27-34,37-40,43-47H,1-2H3,(H,48,49)(H,50,51). The van der Waals surface area contributed by atoms with Crippen molar-refractivity contribution in [3.63, 3.8) is 0 Å². The second-order valence-corrected chi connectivity index (χ2v) is 13.1. The maximum atomic E-state index is 13.1. The Hall–Kier alpha value is -6.46. The summed E-state index contributed by atoms with van der Waals surface area (Å²) in [6, 6.07) is 11.3. The number of ether oxygens (including phenoxy) is 7. The predicted molar refractivity (Wildman–Crippen MR) is 193 cm³/mol. The minimum Gasteiger partial charge on any atom is -0.508 e. The van der Waals surface area contributed by atoms with E-state index in [0.29, 0.717) is 5.56 Å². The van der Waals surface area contributed by atoms with Gasteiger partial charge in [0, 0.05) is 29.8 Å². The van der Waals surface area contributed by atoms with Crippen LogP contribution in [0, 0.1) is 0 Å². The average molecular weight is 829 g/mol. The Kier molecular flexibility index (Phi) is 12.3. The highest BCUT2D eigenvalue weighted by Crippen LogP contribution is 2.38. The lowest BCUT2D eigenvalue weighted by atomic mass is 9.96. The number of hydrogen-bond donors (Lipinski definition) is 9. The first-order valence-corrected chi connectivity index (χ1v) is 17.3. The van der Waals surface area contributed by atoms with Crippen LogP contribution in [-0.2, 0) is 33.3 Å². The third-order valence-electron chi connectivity index (χ3n) is 9.22. The average Bonchev–Trinajstić information content (AvgIpc) is 3.19. The van der Waals surface area contributed by atoms with E-state index in [4.69, 9.17) is 37.6 Å². The second-order valence-electron chi connectivity index (χ2n) is 13.1. The third-order valence-corrected chi connectivity index (χ3v) is 9.22. The van der Waals surface area contributed by atoms with E-state index in [9.17, 15) is 65.1 Å². The number of hydrogen-bond acceptors (Lipinski definition) is 19. The monoisotopic (exact) mass is 828 g/mol. The van der Waals surface area contributed by atoms with Crippen LogP contribution in [0.4, 0.5) is 0 Å². The van der Waals surface area contributed by atoms with Gasteiger partial charge in [-0.15, -0.1) is 0 Å². The van der Waals surface area contributed by atoms with E-state index in [1.807, 2.05) is 0 Å². The number of aliphatic carboxylic acids is 2. The zero-order chi connectivity index (χ0) is 42.9. The van der Waals surface area contributed by atoms with Gasteiger partial charge in [0.15, 0.2) is 47.6 Å². The van der Waals surface area contributed by atoms with Crippen LogP contribution in [0.5, 0.6) is 34.5 Å². The molecule has 2 fully saturated rings. The van der Waals surface area contributed by atoms with Gasteiger partial charge in [0.25, 0.3) is 0 Å². The van der Waals surface area contributed by atoms with Crippen molar-refractivity contribution in [3.05, 3.63) is 76.5 Å². The molecule has 2 aliphatic heterocycles. The highest BCUT2D eigenvalue weighted by Gasteiger charge is 2.55. The second kappa shape index (κ2) is 17.2. The molecule has 9 N–H and O–H groups in total. The van der Waals surface area contributed by atoms with Crippen LogP contribution in [0.25, 0.3) is 28.4 Å². The quantitative estimate of drug-likeness (QED) is 0.0672. The number of carboxylic acid groups (broad SMARTS) is 2. The van der Waals surface area contributed by atoms with Crippen molar-refractivity contribution in [2.75, 3.05) is 14.2 Å². The Morgan fingerprint density at radius 3 is 1.88 bits per heavy atom. The van der Waals surface area contributed by atoms with Gasteiger partial charge in [0.05, 0.1) is 14.2 Å². The summed E-state index contributed by atoms with van der Waals surface area (Å²) >= 11 is 0. The summed E-state index contributed by atoms with van der Waals surface area (Å²) in [7, 11) is 2.53. The fourth-order valence-electron chi connectivity index (χ4n) is 6.27. The van der Waals surface area contributed by atoms with Crippen LogP contribution in [0.1, 0.15) is 5.56 Å². The Morgan fingerprint density at radius 1 is 0.729 bits per heavy atom. The number of aliphatic hydroxyl groups excluding tert-OH is 4. The summed E-state index contributed by atoms with van der Waals surface area (Å²) in [5.74, 6) is -6.37. The summed E-state index contributed by atoms with van der Waals surface area (Å²) in [5.41, 5.74) is -0.364. The molecule has 2 aliphatic rings. The van der Waals surface area contributed by atoms with Gasteiger partial charge in [-0.2, -0.15) is 0 Å². The highest BCUT2D eigenvalue weighted by atomic mass is 16.8. The van der Waals surface area contributed by atoms with E-state index in [1.165, 1.54) is 56.7 Å². The number of fused-ring (bicyclic) bond motifs is 1. The molecule has 0 spiro atoms. The van der Waals surface area contributed by atoms with Crippen LogP contribution in [0.3, 0.4) is 0 Å². The molecular formula is C38H36O21. The normalized spacial score (nSPS) is 26.9.